The Morgan fingerprint density at radius 2 is 2.14 bits per heavy atom. The van der Waals surface area contributed by atoms with E-state index in [2.05, 4.69) is 46.6 Å². The van der Waals surface area contributed by atoms with Gasteiger partial charge in [-0.05, 0) is 31.2 Å². The quantitative estimate of drug-likeness (QED) is 0.773. The Labute approximate surface area is 129 Å². The fourth-order valence-electron chi connectivity index (χ4n) is 1.85. The van der Waals surface area contributed by atoms with E-state index in [1.807, 2.05) is 28.7 Å². The largest absolute Gasteiger partial charge is 0.338 e. The molecule has 1 N–H and O–H groups in total. The van der Waals surface area contributed by atoms with Crippen LogP contribution in [0.1, 0.15) is 26.6 Å². The summed E-state index contributed by atoms with van der Waals surface area (Å²) >= 11 is 1.66. The van der Waals surface area contributed by atoms with E-state index in [1.54, 1.807) is 11.8 Å². The third-order valence-corrected chi connectivity index (χ3v) is 3.91. The van der Waals surface area contributed by atoms with Crippen molar-refractivity contribution in [2.45, 2.75) is 44.4 Å². The monoisotopic (exact) mass is 309 g/mol. The van der Waals surface area contributed by atoms with Crippen molar-refractivity contribution in [1.82, 2.24) is 35.1 Å². The second kappa shape index (κ2) is 7.04. The standard InChI is InChI=1S/C13H23N7S/c1-13(2,3)15-7-9-20-12(16-17-18-20)21-10-5-11-14-6-8-19(11)4/h6,8,15H,5,7,9-10H2,1-4H3. The molecule has 0 aliphatic carbocycles. The van der Waals surface area contributed by atoms with Crippen molar-refractivity contribution in [2.24, 2.45) is 7.05 Å². The van der Waals surface area contributed by atoms with Crippen LogP contribution < -0.4 is 5.32 Å². The summed E-state index contributed by atoms with van der Waals surface area (Å²) in [4.78, 5) is 4.31. The highest BCUT2D eigenvalue weighted by Gasteiger charge is 2.11. The van der Waals surface area contributed by atoms with Crippen molar-refractivity contribution in [2.75, 3.05) is 12.3 Å². The van der Waals surface area contributed by atoms with Crippen molar-refractivity contribution in [3.05, 3.63) is 18.2 Å². The van der Waals surface area contributed by atoms with Gasteiger partial charge in [-0.1, -0.05) is 11.8 Å². The molecule has 0 saturated heterocycles. The molecule has 2 heterocycles. The lowest BCUT2D eigenvalue weighted by Gasteiger charge is -2.20. The number of nitrogens with zero attached hydrogens (tertiary/aromatic N) is 6. The maximum absolute atomic E-state index is 4.31. The third kappa shape index (κ3) is 5.13. The molecule has 0 radical (unpaired) electrons. The van der Waals surface area contributed by atoms with E-state index < -0.39 is 0 Å². The van der Waals surface area contributed by atoms with E-state index in [0.29, 0.717) is 0 Å². The summed E-state index contributed by atoms with van der Waals surface area (Å²) < 4.78 is 3.89. The zero-order valence-corrected chi connectivity index (χ0v) is 13.9. The van der Waals surface area contributed by atoms with Gasteiger partial charge in [0, 0.05) is 43.7 Å². The van der Waals surface area contributed by atoms with Gasteiger partial charge in [-0.15, -0.1) is 5.10 Å². The molecule has 2 rings (SSSR count). The van der Waals surface area contributed by atoms with Gasteiger partial charge in [-0.3, -0.25) is 0 Å². The van der Waals surface area contributed by atoms with E-state index in [-0.39, 0.29) is 5.54 Å². The summed E-state index contributed by atoms with van der Waals surface area (Å²) in [5, 5.41) is 16.2. The first-order valence-corrected chi connectivity index (χ1v) is 8.04. The Balaban J connectivity index is 1.79. The second-order valence-electron chi connectivity index (χ2n) is 5.91. The van der Waals surface area contributed by atoms with E-state index in [1.165, 1.54) is 0 Å². The molecule has 0 amide bonds. The first kappa shape index (κ1) is 16.0. The molecule has 0 spiro atoms. The number of rotatable bonds is 7. The molecule has 0 bridgehead atoms. The zero-order valence-electron chi connectivity index (χ0n) is 13.1. The summed E-state index contributed by atoms with van der Waals surface area (Å²) in [5.41, 5.74) is 0.111. The fraction of sp³-hybridized carbons (Fsp3) is 0.692. The van der Waals surface area contributed by atoms with Crippen LogP contribution in [0.4, 0.5) is 0 Å². The molecule has 0 fully saturated rings. The minimum atomic E-state index is 0.111. The summed E-state index contributed by atoms with van der Waals surface area (Å²) in [6.07, 6.45) is 4.69. The lowest BCUT2D eigenvalue weighted by molar-refractivity contribution is 0.396. The Kier molecular flexibility index (Phi) is 5.35. The summed E-state index contributed by atoms with van der Waals surface area (Å²) in [7, 11) is 2.01. The Bertz CT molecular complexity index is 555. The predicted molar refractivity (Wildman–Crippen MR) is 83.2 cm³/mol. The number of tetrazole rings is 1. The highest BCUT2D eigenvalue weighted by Crippen LogP contribution is 2.15. The van der Waals surface area contributed by atoms with Crippen molar-refractivity contribution in [1.29, 1.82) is 0 Å². The van der Waals surface area contributed by atoms with Crippen LogP contribution in [0.25, 0.3) is 0 Å². The van der Waals surface area contributed by atoms with Crippen molar-refractivity contribution in [3.63, 3.8) is 0 Å². The average Bonchev–Trinajstić information content (AvgIpc) is 2.99. The topological polar surface area (TPSA) is 73.5 Å². The van der Waals surface area contributed by atoms with Crippen LogP contribution >= 0.6 is 11.8 Å². The van der Waals surface area contributed by atoms with E-state index in [4.69, 9.17) is 0 Å². The molecule has 0 aromatic carbocycles. The molecule has 2 aromatic heterocycles. The molecule has 116 valence electrons. The van der Waals surface area contributed by atoms with Gasteiger partial charge in [-0.25, -0.2) is 9.67 Å². The second-order valence-corrected chi connectivity index (χ2v) is 6.98. The van der Waals surface area contributed by atoms with Gasteiger partial charge in [0.25, 0.3) is 0 Å². The Morgan fingerprint density at radius 1 is 1.33 bits per heavy atom. The van der Waals surface area contributed by atoms with E-state index in [9.17, 15) is 0 Å². The minimum Gasteiger partial charge on any atom is -0.338 e. The lowest BCUT2D eigenvalue weighted by Crippen LogP contribution is -2.38. The maximum Gasteiger partial charge on any atom is 0.209 e. The number of imidazole rings is 1. The Hall–Kier alpha value is -1.41. The van der Waals surface area contributed by atoms with Crippen LogP contribution in [-0.4, -0.2) is 47.6 Å². The summed E-state index contributed by atoms with van der Waals surface area (Å²) in [5.74, 6) is 1.99. The minimum absolute atomic E-state index is 0.111. The van der Waals surface area contributed by atoms with Crippen LogP contribution in [0.5, 0.6) is 0 Å². The van der Waals surface area contributed by atoms with Crippen LogP contribution in [0.15, 0.2) is 17.6 Å². The predicted octanol–water partition coefficient (Wildman–Crippen LogP) is 1.13. The van der Waals surface area contributed by atoms with Gasteiger partial charge in [0.15, 0.2) is 0 Å². The van der Waals surface area contributed by atoms with Crippen molar-refractivity contribution in [3.8, 4) is 0 Å². The lowest BCUT2D eigenvalue weighted by atomic mass is 10.1. The van der Waals surface area contributed by atoms with Crippen LogP contribution in [0, 0.1) is 0 Å². The molecule has 8 heteroatoms. The van der Waals surface area contributed by atoms with Crippen LogP contribution in [0.2, 0.25) is 0 Å². The SMILES string of the molecule is Cn1ccnc1CCSc1nnnn1CCNC(C)(C)C. The van der Waals surface area contributed by atoms with Gasteiger partial charge in [0.05, 0.1) is 6.54 Å². The maximum atomic E-state index is 4.31. The number of thioether (sulfide) groups is 1. The molecule has 0 aliphatic heterocycles. The number of nitrogens with one attached hydrogen (secondary N) is 1. The summed E-state index contributed by atoms with van der Waals surface area (Å²) in [6, 6.07) is 0. The first-order valence-electron chi connectivity index (χ1n) is 7.06. The van der Waals surface area contributed by atoms with E-state index >= 15 is 0 Å². The van der Waals surface area contributed by atoms with Crippen molar-refractivity contribution < 1.29 is 0 Å². The highest BCUT2D eigenvalue weighted by molar-refractivity contribution is 7.99. The third-order valence-electron chi connectivity index (χ3n) is 2.96. The van der Waals surface area contributed by atoms with Gasteiger partial charge < -0.3 is 9.88 Å². The van der Waals surface area contributed by atoms with Crippen LogP contribution in [-0.2, 0) is 20.0 Å². The smallest absolute Gasteiger partial charge is 0.209 e. The highest BCUT2D eigenvalue weighted by atomic mass is 32.2. The normalized spacial score (nSPS) is 12.0. The molecule has 21 heavy (non-hydrogen) atoms. The number of hydrogen-bond acceptors (Lipinski definition) is 6. The molecule has 0 saturated carbocycles. The average molecular weight is 309 g/mol. The molecular formula is C13H23N7S. The molecular weight excluding hydrogens is 286 g/mol. The van der Waals surface area contributed by atoms with Gasteiger partial charge in [0.1, 0.15) is 5.82 Å². The van der Waals surface area contributed by atoms with E-state index in [0.717, 1.165) is 36.2 Å². The first-order chi connectivity index (χ1) is 9.96. The van der Waals surface area contributed by atoms with Crippen molar-refractivity contribution >= 4 is 11.8 Å². The molecule has 7 nitrogen and oxygen atoms in total. The summed E-state index contributed by atoms with van der Waals surface area (Å²) in [6.45, 7) is 8.07. The Morgan fingerprint density at radius 3 is 2.81 bits per heavy atom. The van der Waals surface area contributed by atoms with Gasteiger partial charge >= 0.3 is 0 Å². The van der Waals surface area contributed by atoms with Gasteiger partial charge in [0.2, 0.25) is 5.16 Å². The fourth-order valence-corrected chi connectivity index (χ4v) is 2.69. The van der Waals surface area contributed by atoms with Gasteiger partial charge in [-0.2, -0.15) is 0 Å². The van der Waals surface area contributed by atoms with Crippen LogP contribution in [0.3, 0.4) is 0 Å². The molecule has 0 aliphatic rings. The number of aryl methyl sites for hydroxylation is 2. The molecule has 0 atom stereocenters. The number of aromatic nitrogens is 6. The number of hydrogen-bond donors (Lipinski definition) is 1. The molecule has 2 aromatic rings. The molecule has 0 unspecified atom stereocenters. The zero-order chi connectivity index (χ0) is 15.3.